The number of nitrogens with one attached hydrogen (secondary N) is 1. The van der Waals surface area contributed by atoms with Crippen molar-refractivity contribution >= 4 is 51.2 Å². The molecule has 0 aliphatic rings. The number of halogens is 1. The number of rotatable bonds is 5. The molecule has 4 aromatic rings. The molecule has 1 heterocycles. The lowest BCUT2D eigenvalue weighted by molar-refractivity contribution is 0.0956. The number of anilines is 2. The Morgan fingerprint density at radius 3 is 2.48 bits per heavy atom. The van der Waals surface area contributed by atoms with Crippen LogP contribution in [0.2, 0.25) is 5.02 Å². The summed E-state index contributed by atoms with van der Waals surface area (Å²) in [4.78, 5) is 14.9. The molecule has 29 heavy (non-hydrogen) atoms. The van der Waals surface area contributed by atoms with Gasteiger partial charge < -0.3 is 13.9 Å². The van der Waals surface area contributed by atoms with Gasteiger partial charge >= 0.3 is 5.91 Å². The van der Waals surface area contributed by atoms with E-state index in [4.69, 9.17) is 16.0 Å². The molecule has 0 saturated heterocycles. The molecule has 0 fully saturated rings. The van der Waals surface area contributed by atoms with Gasteiger partial charge in [-0.3, -0.25) is 4.79 Å². The number of amides is 1. The summed E-state index contributed by atoms with van der Waals surface area (Å²) in [6.45, 7) is 0. The Kier molecular flexibility index (Phi) is 5.49. The number of hydrogen-bond acceptors (Lipinski definition) is 4. The van der Waals surface area contributed by atoms with E-state index in [0.717, 1.165) is 16.8 Å². The number of carbonyl (C=O) groups excluding carboxylic acids is 1. The molecule has 1 aromatic heterocycles. The van der Waals surface area contributed by atoms with Crippen LogP contribution in [0.1, 0.15) is 10.6 Å². The highest BCUT2D eigenvalue weighted by Gasteiger charge is 2.22. The van der Waals surface area contributed by atoms with Gasteiger partial charge in [0.25, 0.3) is 0 Å². The molecular weight excluding hydrogens is 408 g/mol. The van der Waals surface area contributed by atoms with Gasteiger partial charge in [-0.2, -0.15) is 4.72 Å². The van der Waals surface area contributed by atoms with E-state index in [9.17, 15) is 9.35 Å². The molecule has 1 N–H and O–H groups in total. The Labute approximate surface area is 176 Å². The number of carbonyl (C=O) groups is 1. The topological polar surface area (TPSA) is 68.5 Å². The van der Waals surface area contributed by atoms with Crippen molar-refractivity contribution in [3.63, 3.8) is 0 Å². The quantitative estimate of drug-likeness (QED) is 0.441. The molecule has 0 aliphatic heterocycles. The first kappa shape index (κ1) is 19.4. The molecule has 146 valence electrons. The maximum atomic E-state index is 12.5. The third-order valence-corrected chi connectivity index (χ3v) is 6.05. The van der Waals surface area contributed by atoms with Crippen molar-refractivity contribution in [2.24, 2.45) is 0 Å². The van der Waals surface area contributed by atoms with Gasteiger partial charge in [-0.05, 0) is 42.5 Å². The number of hydrogen-bond donors (Lipinski definition) is 1. The summed E-state index contributed by atoms with van der Waals surface area (Å²) in [5.74, 6) is -0.489. The number of nitrogens with zero attached hydrogens (tertiary/aromatic N) is 1. The van der Waals surface area contributed by atoms with Crippen molar-refractivity contribution in [2.45, 2.75) is 4.90 Å². The van der Waals surface area contributed by atoms with Gasteiger partial charge in [0.2, 0.25) is 0 Å². The Hall–Kier alpha value is -2.93. The minimum Gasteiger partial charge on any atom is -0.588 e. The molecule has 3 aromatic carbocycles. The number of furan rings is 1. The van der Waals surface area contributed by atoms with Gasteiger partial charge in [-0.15, -0.1) is 0 Å². The lowest BCUT2D eigenvalue weighted by Gasteiger charge is -2.19. The zero-order valence-corrected chi connectivity index (χ0v) is 17.0. The molecule has 7 heteroatoms. The van der Waals surface area contributed by atoms with Crippen molar-refractivity contribution in [1.29, 1.82) is 0 Å². The van der Waals surface area contributed by atoms with Crippen LogP contribution in [0.4, 0.5) is 11.4 Å². The van der Waals surface area contributed by atoms with E-state index in [1.165, 1.54) is 0 Å². The van der Waals surface area contributed by atoms with Gasteiger partial charge in [0, 0.05) is 29.9 Å². The van der Waals surface area contributed by atoms with Crippen LogP contribution < -0.4 is 9.62 Å². The van der Waals surface area contributed by atoms with E-state index in [1.54, 1.807) is 30.3 Å². The van der Waals surface area contributed by atoms with Crippen LogP contribution in [0.5, 0.6) is 0 Å². The fourth-order valence-corrected chi connectivity index (χ4v) is 4.10. The van der Waals surface area contributed by atoms with Crippen molar-refractivity contribution in [3.05, 3.63) is 89.6 Å². The lowest BCUT2D eigenvalue weighted by Crippen LogP contribution is -2.30. The maximum absolute atomic E-state index is 12.5. The predicted molar refractivity (Wildman–Crippen MR) is 116 cm³/mol. The van der Waals surface area contributed by atoms with Crippen LogP contribution >= 0.6 is 11.6 Å². The fraction of sp³-hybridized carbons (Fsp3) is 0.0455. The second-order valence-electron chi connectivity index (χ2n) is 6.36. The molecule has 4 rings (SSSR count). The first-order chi connectivity index (χ1) is 14.0. The molecule has 0 radical (unpaired) electrons. The van der Waals surface area contributed by atoms with Crippen LogP contribution in [-0.4, -0.2) is 17.5 Å². The van der Waals surface area contributed by atoms with Gasteiger partial charge in [-0.25, -0.2) is 0 Å². The molecule has 1 amide bonds. The van der Waals surface area contributed by atoms with Gasteiger partial charge in [0.1, 0.15) is 16.9 Å². The van der Waals surface area contributed by atoms with Crippen LogP contribution in [0, 0.1) is 0 Å². The second-order valence-corrected chi connectivity index (χ2v) is 7.95. The monoisotopic (exact) mass is 424 g/mol. The average molecular weight is 425 g/mol. The fourth-order valence-electron chi connectivity index (χ4n) is 2.93. The van der Waals surface area contributed by atoms with E-state index >= 15 is 0 Å². The van der Waals surface area contributed by atoms with Crippen LogP contribution in [0.3, 0.4) is 0 Å². The lowest BCUT2D eigenvalue weighted by atomic mass is 10.2. The Balaban J connectivity index is 1.56. The highest BCUT2D eigenvalue weighted by atomic mass is 35.5. The van der Waals surface area contributed by atoms with E-state index in [1.807, 2.05) is 60.5 Å². The van der Waals surface area contributed by atoms with Crippen molar-refractivity contribution in [2.75, 3.05) is 11.9 Å². The summed E-state index contributed by atoms with van der Waals surface area (Å²) in [7, 11) is 1.96. The Morgan fingerprint density at radius 1 is 1.00 bits per heavy atom. The zero-order valence-electron chi connectivity index (χ0n) is 15.5. The van der Waals surface area contributed by atoms with Gasteiger partial charge in [0.05, 0.1) is 5.02 Å². The normalized spacial score (nSPS) is 12.0. The summed E-state index contributed by atoms with van der Waals surface area (Å²) in [5.41, 5.74) is 2.52. The maximum Gasteiger partial charge on any atom is 0.328 e. The van der Waals surface area contributed by atoms with E-state index < -0.39 is 17.3 Å². The van der Waals surface area contributed by atoms with Crippen LogP contribution in [0.15, 0.2) is 88.2 Å². The SMILES string of the molecule is CN(c1ccccc1)c1ccc2cc(C(=O)N[S+]([O-])c3ccccc3Cl)oc2c1. The Morgan fingerprint density at radius 2 is 1.72 bits per heavy atom. The minimum absolute atomic E-state index is 0.0833. The van der Waals surface area contributed by atoms with Gasteiger partial charge in [0.15, 0.2) is 10.7 Å². The molecule has 1 unspecified atom stereocenters. The Bertz CT molecular complexity index is 1160. The minimum atomic E-state index is -1.78. The standard InChI is InChI=1S/C22H17ClN2O3S/c1-25(16-7-3-2-4-8-16)17-12-11-15-13-20(28-19(15)14-17)22(26)24-29(27)21-10-6-5-9-18(21)23/h2-14H,1H3,(H,24,26). The highest BCUT2D eigenvalue weighted by Crippen LogP contribution is 2.29. The van der Waals surface area contributed by atoms with E-state index in [0.29, 0.717) is 15.5 Å². The number of benzene rings is 3. The molecule has 0 bridgehead atoms. The first-order valence-electron chi connectivity index (χ1n) is 8.82. The summed E-state index contributed by atoms with van der Waals surface area (Å²) in [6, 6.07) is 23.9. The zero-order chi connectivity index (χ0) is 20.4. The molecule has 0 saturated carbocycles. The highest BCUT2D eigenvalue weighted by molar-refractivity contribution is 7.90. The molecule has 5 nitrogen and oxygen atoms in total. The number of fused-ring (bicyclic) bond motifs is 1. The van der Waals surface area contributed by atoms with Crippen molar-refractivity contribution in [3.8, 4) is 0 Å². The molecule has 1 atom stereocenters. The summed E-state index contributed by atoms with van der Waals surface area (Å²) >= 11 is 4.25. The third kappa shape index (κ3) is 4.10. The predicted octanol–water partition coefficient (Wildman–Crippen LogP) is 5.31. The summed E-state index contributed by atoms with van der Waals surface area (Å²) in [5, 5.41) is 1.10. The van der Waals surface area contributed by atoms with Crippen LogP contribution in [0.25, 0.3) is 11.0 Å². The van der Waals surface area contributed by atoms with Crippen molar-refractivity contribution in [1.82, 2.24) is 4.72 Å². The van der Waals surface area contributed by atoms with Crippen LogP contribution in [-0.2, 0) is 11.4 Å². The van der Waals surface area contributed by atoms with Gasteiger partial charge in [-0.1, -0.05) is 41.9 Å². The largest absolute Gasteiger partial charge is 0.588 e. The first-order valence-corrected chi connectivity index (χ1v) is 10.4. The second kappa shape index (κ2) is 8.21. The molecule has 0 aliphatic carbocycles. The average Bonchev–Trinajstić information content (AvgIpc) is 3.17. The van der Waals surface area contributed by atoms with E-state index in [-0.39, 0.29) is 5.76 Å². The van der Waals surface area contributed by atoms with Crippen molar-refractivity contribution < 1.29 is 13.8 Å². The smallest absolute Gasteiger partial charge is 0.328 e. The third-order valence-electron chi connectivity index (χ3n) is 4.48. The molecule has 0 spiro atoms. The molecular formula is C22H17ClN2O3S. The summed E-state index contributed by atoms with van der Waals surface area (Å²) < 4.78 is 20.6. The summed E-state index contributed by atoms with van der Waals surface area (Å²) in [6.07, 6.45) is 0. The van der Waals surface area contributed by atoms with E-state index in [2.05, 4.69) is 4.72 Å². The number of para-hydroxylation sites is 1.